The summed E-state index contributed by atoms with van der Waals surface area (Å²) in [6, 6.07) is 1.77. The number of nitrogens with zero attached hydrogens (tertiary/aromatic N) is 5. The molecule has 0 radical (unpaired) electrons. The average molecular weight is 471 g/mol. The molecule has 3 aromatic heterocycles. The van der Waals surface area contributed by atoms with Gasteiger partial charge in [-0.05, 0) is 32.8 Å². The quantitative estimate of drug-likeness (QED) is 0.596. The average Bonchev–Trinajstić information content (AvgIpc) is 3.40. The number of carbonyl (C=O) groups is 2. The van der Waals surface area contributed by atoms with Crippen LogP contribution in [0.25, 0.3) is 10.2 Å². The number of ether oxygens (including phenoxy) is 1. The molecule has 2 atom stereocenters. The van der Waals surface area contributed by atoms with Crippen molar-refractivity contribution in [3.63, 3.8) is 0 Å². The lowest BCUT2D eigenvalue weighted by Gasteiger charge is -2.46. The molecule has 5 heterocycles. The lowest BCUT2D eigenvalue weighted by molar-refractivity contribution is -0.0640. The fraction of sp³-hybridized carbons (Fsp3) is 0.500. The number of aryl methyl sites for hydroxylation is 3. The summed E-state index contributed by atoms with van der Waals surface area (Å²) < 4.78 is 6.63. The molecule has 1 amide bonds. The molecule has 174 valence electrons. The first kappa shape index (κ1) is 21.8. The van der Waals surface area contributed by atoms with Crippen molar-refractivity contribution in [3.8, 4) is 0 Å². The van der Waals surface area contributed by atoms with Crippen LogP contribution in [0.2, 0.25) is 0 Å². The van der Waals surface area contributed by atoms with E-state index in [4.69, 9.17) is 9.72 Å². The van der Waals surface area contributed by atoms with Crippen LogP contribution < -0.4 is 4.90 Å². The summed E-state index contributed by atoms with van der Waals surface area (Å²) in [6.07, 6.45) is 1.39. The molecule has 0 aromatic carbocycles. The molecule has 11 heteroatoms. The van der Waals surface area contributed by atoms with Crippen LogP contribution in [0.1, 0.15) is 51.5 Å². The summed E-state index contributed by atoms with van der Waals surface area (Å²) in [5.74, 6) is -0.748. The topological polar surface area (TPSA) is 125 Å². The van der Waals surface area contributed by atoms with Crippen LogP contribution in [0.15, 0.2) is 6.07 Å². The predicted molar refractivity (Wildman–Crippen MR) is 123 cm³/mol. The van der Waals surface area contributed by atoms with E-state index in [-0.39, 0.29) is 23.7 Å². The van der Waals surface area contributed by atoms with E-state index >= 15 is 0 Å². The normalized spacial score (nSPS) is 20.8. The number of aromatic amines is 1. The second-order valence-corrected chi connectivity index (χ2v) is 9.45. The Hall–Kier alpha value is -3.05. The minimum Gasteiger partial charge on any atom is -0.476 e. The van der Waals surface area contributed by atoms with E-state index in [2.05, 4.69) is 19.9 Å². The van der Waals surface area contributed by atoms with Crippen molar-refractivity contribution in [2.45, 2.75) is 45.8 Å². The first-order valence-electron chi connectivity index (χ1n) is 11.1. The third-order valence-electron chi connectivity index (χ3n) is 6.36. The van der Waals surface area contributed by atoms with Crippen LogP contribution in [-0.4, -0.2) is 80.2 Å². The fourth-order valence-corrected chi connectivity index (χ4v) is 5.78. The van der Waals surface area contributed by atoms with E-state index in [1.54, 1.807) is 6.92 Å². The Morgan fingerprint density at radius 2 is 2.09 bits per heavy atom. The van der Waals surface area contributed by atoms with Crippen LogP contribution in [0.3, 0.4) is 0 Å². The summed E-state index contributed by atoms with van der Waals surface area (Å²) in [6.45, 7) is 8.00. The molecular formula is C22H26N6O4S. The number of morpholine rings is 1. The number of imidazole rings is 1. The number of anilines is 1. The highest BCUT2D eigenvalue weighted by atomic mass is 32.1. The number of piperidine rings is 1. The first-order chi connectivity index (χ1) is 15.9. The van der Waals surface area contributed by atoms with Crippen molar-refractivity contribution in [1.82, 2.24) is 24.8 Å². The largest absolute Gasteiger partial charge is 0.476 e. The minimum atomic E-state index is -1.05. The number of aromatic nitrogens is 4. The molecule has 0 saturated carbocycles. The van der Waals surface area contributed by atoms with Gasteiger partial charge in [0.05, 0.1) is 34.7 Å². The fourth-order valence-electron chi connectivity index (χ4n) is 4.72. The van der Waals surface area contributed by atoms with Gasteiger partial charge in [0.2, 0.25) is 0 Å². The van der Waals surface area contributed by atoms with Gasteiger partial charge in [-0.25, -0.2) is 19.7 Å². The van der Waals surface area contributed by atoms with Crippen molar-refractivity contribution < 1.29 is 19.4 Å². The number of fused-ring (bicyclic) bond motifs is 2. The van der Waals surface area contributed by atoms with Crippen molar-refractivity contribution in [2.75, 3.05) is 31.1 Å². The molecular weight excluding hydrogens is 444 g/mol. The van der Waals surface area contributed by atoms with Gasteiger partial charge in [0.1, 0.15) is 0 Å². The number of amides is 1. The Morgan fingerprint density at radius 1 is 1.27 bits per heavy atom. The highest BCUT2D eigenvalue weighted by Crippen LogP contribution is 2.34. The third-order valence-corrected chi connectivity index (χ3v) is 7.49. The van der Waals surface area contributed by atoms with Gasteiger partial charge in [-0.1, -0.05) is 18.3 Å². The number of aromatic carboxylic acids is 1. The third kappa shape index (κ3) is 3.84. The molecule has 10 nitrogen and oxygen atoms in total. The molecule has 0 aliphatic carbocycles. The van der Waals surface area contributed by atoms with E-state index in [9.17, 15) is 14.7 Å². The van der Waals surface area contributed by atoms with Gasteiger partial charge in [-0.3, -0.25) is 4.79 Å². The maximum Gasteiger partial charge on any atom is 0.356 e. The maximum atomic E-state index is 13.2. The molecule has 0 bridgehead atoms. The Morgan fingerprint density at radius 3 is 2.82 bits per heavy atom. The lowest BCUT2D eigenvalue weighted by atomic mass is 9.98. The van der Waals surface area contributed by atoms with E-state index < -0.39 is 5.97 Å². The number of hydrogen-bond acceptors (Lipinski definition) is 8. The second-order valence-electron chi connectivity index (χ2n) is 8.47. The molecule has 3 aromatic rings. The summed E-state index contributed by atoms with van der Waals surface area (Å²) >= 11 is 1.34. The number of thiazole rings is 1. The van der Waals surface area contributed by atoms with E-state index in [1.165, 1.54) is 11.3 Å². The highest BCUT2D eigenvalue weighted by molar-refractivity contribution is 7.22. The molecule has 0 unspecified atom stereocenters. The van der Waals surface area contributed by atoms with Gasteiger partial charge in [-0.15, -0.1) is 0 Å². The van der Waals surface area contributed by atoms with Crippen molar-refractivity contribution in [2.24, 2.45) is 0 Å². The maximum absolute atomic E-state index is 13.2. The monoisotopic (exact) mass is 470 g/mol. The smallest absolute Gasteiger partial charge is 0.356 e. The molecule has 2 fully saturated rings. The number of carboxylic acids is 1. The predicted octanol–water partition coefficient (Wildman–Crippen LogP) is 2.41. The number of rotatable bonds is 4. The van der Waals surface area contributed by atoms with Gasteiger partial charge in [0.15, 0.2) is 16.6 Å². The zero-order chi connectivity index (χ0) is 23.3. The van der Waals surface area contributed by atoms with Crippen molar-refractivity contribution >= 4 is 38.6 Å². The molecule has 5 rings (SSSR count). The number of pyridine rings is 1. The van der Waals surface area contributed by atoms with Crippen LogP contribution in [0, 0.1) is 13.8 Å². The number of hydrogen-bond donors (Lipinski definition) is 2. The van der Waals surface area contributed by atoms with Crippen molar-refractivity contribution in [3.05, 3.63) is 34.7 Å². The lowest BCUT2D eigenvalue weighted by Crippen LogP contribution is -2.60. The summed E-state index contributed by atoms with van der Waals surface area (Å²) in [7, 11) is 0. The van der Waals surface area contributed by atoms with Gasteiger partial charge < -0.3 is 24.6 Å². The zero-order valence-electron chi connectivity index (χ0n) is 18.8. The summed E-state index contributed by atoms with van der Waals surface area (Å²) in [4.78, 5) is 45.4. The molecule has 2 aliphatic rings. The SMILES string of the molecule is CCc1[nH]c(C(=O)N2CCO[C@H]3CN(c4nc5cc(C)nc(C(=O)O)c5s4)CC[C@H]32)nc1C. The van der Waals surface area contributed by atoms with E-state index in [0.29, 0.717) is 48.0 Å². The number of H-pyrrole nitrogens is 1. The Balaban J connectivity index is 1.37. The standard InChI is InChI=1S/C22H26N6O4S/c1-4-13-12(3)24-19(25-13)20(29)28-7-8-32-16-10-27(6-5-15(16)28)22-26-14-9-11(2)23-17(21(30)31)18(14)33-22/h9,15-16H,4-8,10H2,1-3H3,(H,24,25)(H,30,31)/t15-,16+/m1/s1. The number of nitrogens with one attached hydrogen (secondary N) is 1. The second kappa shape index (κ2) is 8.38. The summed E-state index contributed by atoms with van der Waals surface area (Å²) in [5, 5.41) is 10.3. The molecule has 0 spiro atoms. The molecule has 2 N–H and O–H groups in total. The number of carboxylic acid groups (broad SMARTS) is 1. The number of carbonyl (C=O) groups excluding carboxylic acids is 1. The minimum absolute atomic E-state index is 0.0362. The summed E-state index contributed by atoms with van der Waals surface area (Å²) in [5.41, 5.74) is 3.15. The van der Waals surface area contributed by atoms with Crippen molar-refractivity contribution in [1.29, 1.82) is 0 Å². The van der Waals surface area contributed by atoms with Crippen LogP contribution in [-0.2, 0) is 11.2 Å². The first-order valence-corrected chi connectivity index (χ1v) is 11.9. The van der Waals surface area contributed by atoms with Gasteiger partial charge >= 0.3 is 5.97 Å². The van der Waals surface area contributed by atoms with Crippen LogP contribution in [0.5, 0.6) is 0 Å². The van der Waals surface area contributed by atoms with Crippen LogP contribution in [0.4, 0.5) is 5.13 Å². The molecule has 2 aliphatic heterocycles. The zero-order valence-corrected chi connectivity index (χ0v) is 19.6. The van der Waals surface area contributed by atoms with Gasteiger partial charge in [-0.2, -0.15) is 0 Å². The Bertz CT molecular complexity index is 1240. The van der Waals surface area contributed by atoms with Crippen LogP contribution >= 0.6 is 11.3 Å². The molecule has 2 saturated heterocycles. The Kier molecular flexibility index (Phi) is 5.53. The van der Waals surface area contributed by atoms with E-state index in [1.807, 2.05) is 24.8 Å². The molecule has 33 heavy (non-hydrogen) atoms. The Labute approximate surface area is 194 Å². The van der Waals surface area contributed by atoms with Gasteiger partial charge in [0.25, 0.3) is 5.91 Å². The van der Waals surface area contributed by atoms with E-state index in [0.717, 1.165) is 29.4 Å². The highest BCUT2D eigenvalue weighted by Gasteiger charge is 2.41. The van der Waals surface area contributed by atoms with Gasteiger partial charge in [0, 0.05) is 31.0 Å².